The van der Waals surface area contributed by atoms with Crippen LogP contribution in [0.15, 0.2) is 18.2 Å². The minimum atomic E-state index is 0.499. The van der Waals surface area contributed by atoms with Gasteiger partial charge >= 0.3 is 0 Å². The Kier molecular flexibility index (Phi) is 2.72. The highest BCUT2D eigenvalue weighted by Crippen LogP contribution is 2.08. The third-order valence-corrected chi connectivity index (χ3v) is 1.20. The Labute approximate surface area is 66.2 Å². The third-order valence-electron chi connectivity index (χ3n) is 1.20. The predicted octanol–water partition coefficient (Wildman–Crippen LogP) is 1.45. The van der Waals surface area contributed by atoms with Crippen molar-refractivity contribution in [3.8, 4) is 5.88 Å². The molecule has 0 radical (unpaired) electrons. The van der Waals surface area contributed by atoms with Crippen LogP contribution in [0.3, 0.4) is 0 Å². The van der Waals surface area contributed by atoms with Crippen LogP contribution in [0.25, 0.3) is 0 Å². The number of ether oxygens (including phenoxy) is 1. The Morgan fingerprint density at radius 1 is 1.55 bits per heavy atom. The molecule has 2 N–H and O–H groups in total. The lowest BCUT2D eigenvalue weighted by molar-refractivity contribution is 0.306. The van der Waals surface area contributed by atoms with Crippen molar-refractivity contribution in [2.45, 2.75) is 13.3 Å². The number of pyridine rings is 1. The fraction of sp³-hybridized carbons (Fsp3) is 0.375. The fourth-order valence-corrected chi connectivity index (χ4v) is 0.718. The van der Waals surface area contributed by atoms with Gasteiger partial charge in [0.15, 0.2) is 0 Å². The van der Waals surface area contributed by atoms with Gasteiger partial charge in [-0.15, -0.1) is 0 Å². The second-order valence-corrected chi connectivity index (χ2v) is 2.25. The topological polar surface area (TPSA) is 48.1 Å². The Bertz CT molecular complexity index is 225. The second kappa shape index (κ2) is 3.81. The number of rotatable bonds is 3. The van der Waals surface area contributed by atoms with E-state index in [0.29, 0.717) is 18.3 Å². The van der Waals surface area contributed by atoms with Gasteiger partial charge < -0.3 is 10.5 Å². The van der Waals surface area contributed by atoms with E-state index in [9.17, 15) is 0 Å². The molecule has 11 heavy (non-hydrogen) atoms. The molecule has 0 amide bonds. The fourth-order valence-electron chi connectivity index (χ4n) is 0.718. The van der Waals surface area contributed by atoms with Gasteiger partial charge in [0, 0.05) is 6.07 Å². The smallest absolute Gasteiger partial charge is 0.215 e. The summed E-state index contributed by atoms with van der Waals surface area (Å²) in [4.78, 5) is 3.97. The van der Waals surface area contributed by atoms with E-state index in [4.69, 9.17) is 10.5 Å². The lowest BCUT2D eigenvalue weighted by Gasteiger charge is -2.02. The van der Waals surface area contributed by atoms with E-state index in [1.807, 2.05) is 13.0 Å². The van der Waals surface area contributed by atoms with E-state index >= 15 is 0 Å². The summed E-state index contributed by atoms with van der Waals surface area (Å²) in [6, 6.07) is 5.36. The van der Waals surface area contributed by atoms with Gasteiger partial charge in [-0.1, -0.05) is 13.0 Å². The van der Waals surface area contributed by atoms with Crippen molar-refractivity contribution >= 4 is 5.82 Å². The quantitative estimate of drug-likeness (QED) is 0.713. The number of nitrogens with two attached hydrogens (primary N) is 1. The van der Waals surface area contributed by atoms with Gasteiger partial charge in [0.25, 0.3) is 0 Å². The summed E-state index contributed by atoms with van der Waals surface area (Å²) >= 11 is 0. The van der Waals surface area contributed by atoms with Crippen LogP contribution >= 0.6 is 0 Å². The van der Waals surface area contributed by atoms with Gasteiger partial charge in [0.05, 0.1) is 6.61 Å². The highest BCUT2D eigenvalue weighted by Gasteiger charge is 1.92. The molecule has 60 valence electrons. The van der Waals surface area contributed by atoms with Gasteiger partial charge in [0.1, 0.15) is 5.82 Å². The lowest BCUT2D eigenvalue weighted by atomic mass is 10.4. The zero-order chi connectivity index (χ0) is 8.10. The first-order valence-corrected chi connectivity index (χ1v) is 3.68. The van der Waals surface area contributed by atoms with E-state index in [-0.39, 0.29) is 0 Å². The minimum Gasteiger partial charge on any atom is -0.478 e. The number of nitrogens with zero attached hydrogens (tertiary/aromatic N) is 1. The lowest BCUT2D eigenvalue weighted by Crippen LogP contribution is -1.98. The molecule has 0 aromatic carbocycles. The molecule has 0 fully saturated rings. The molecule has 3 nitrogen and oxygen atoms in total. The van der Waals surface area contributed by atoms with E-state index in [1.165, 1.54) is 0 Å². The highest BCUT2D eigenvalue weighted by molar-refractivity contribution is 5.30. The maximum atomic E-state index is 5.44. The standard InChI is InChI=1S/C8H12N2O/c1-2-6-11-8-5-3-4-7(9)10-8/h3-5H,2,6H2,1H3,(H2,9,10). The van der Waals surface area contributed by atoms with E-state index in [0.717, 1.165) is 6.42 Å². The molecule has 1 heterocycles. The summed E-state index contributed by atoms with van der Waals surface area (Å²) in [6.45, 7) is 2.74. The van der Waals surface area contributed by atoms with Crippen molar-refractivity contribution in [2.24, 2.45) is 0 Å². The first kappa shape index (κ1) is 7.85. The Morgan fingerprint density at radius 2 is 2.36 bits per heavy atom. The van der Waals surface area contributed by atoms with E-state index < -0.39 is 0 Å². The molecular weight excluding hydrogens is 140 g/mol. The van der Waals surface area contributed by atoms with Crippen LogP contribution in [0.2, 0.25) is 0 Å². The van der Waals surface area contributed by atoms with Crippen LogP contribution in [0.5, 0.6) is 5.88 Å². The van der Waals surface area contributed by atoms with Crippen LogP contribution in [-0.4, -0.2) is 11.6 Å². The van der Waals surface area contributed by atoms with Gasteiger partial charge in [-0.2, -0.15) is 4.98 Å². The van der Waals surface area contributed by atoms with Crippen LogP contribution < -0.4 is 10.5 Å². The Hall–Kier alpha value is -1.25. The molecule has 0 aliphatic carbocycles. The molecule has 0 unspecified atom stereocenters. The van der Waals surface area contributed by atoms with E-state index in [2.05, 4.69) is 4.98 Å². The monoisotopic (exact) mass is 152 g/mol. The number of nitrogen functional groups attached to an aromatic ring is 1. The molecule has 0 aliphatic heterocycles. The number of hydrogen-bond donors (Lipinski definition) is 1. The highest BCUT2D eigenvalue weighted by atomic mass is 16.5. The van der Waals surface area contributed by atoms with Crippen LogP contribution in [0, 0.1) is 0 Å². The van der Waals surface area contributed by atoms with Crippen molar-refractivity contribution in [3.05, 3.63) is 18.2 Å². The zero-order valence-electron chi connectivity index (χ0n) is 6.58. The van der Waals surface area contributed by atoms with Gasteiger partial charge in [0.2, 0.25) is 5.88 Å². The maximum absolute atomic E-state index is 5.44. The summed E-state index contributed by atoms with van der Waals surface area (Å²) in [7, 11) is 0. The first-order chi connectivity index (χ1) is 5.33. The summed E-state index contributed by atoms with van der Waals surface area (Å²) < 4.78 is 5.24. The van der Waals surface area contributed by atoms with Crippen molar-refractivity contribution in [1.82, 2.24) is 4.98 Å². The number of anilines is 1. The van der Waals surface area contributed by atoms with Gasteiger partial charge in [-0.3, -0.25) is 0 Å². The third kappa shape index (κ3) is 2.45. The SMILES string of the molecule is CCCOc1cccc(N)n1. The summed E-state index contributed by atoms with van der Waals surface area (Å²) in [6.07, 6.45) is 0.983. The average molecular weight is 152 g/mol. The molecule has 0 aliphatic rings. The van der Waals surface area contributed by atoms with Crippen molar-refractivity contribution in [2.75, 3.05) is 12.3 Å². The molecule has 1 rings (SSSR count). The largest absolute Gasteiger partial charge is 0.478 e. The van der Waals surface area contributed by atoms with Crippen molar-refractivity contribution < 1.29 is 4.74 Å². The summed E-state index contributed by atoms with van der Waals surface area (Å²) in [5.74, 6) is 1.10. The number of hydrogen-bond acceptors (Lipinski definition) is 3. The number of aromatic nitrogens is 1. The first-order valence-electron chi connectivity index (χ1n) is 3.68. The summed E-state index contributed by atoms with van der Waals surface area (Å²) in [5.41, 5.74) is 5.44. The molecule has 0 atom stereocenters. The molecular formula is C8H12N2O. The molecule has 0 saturated heterocycles. The van der Waals surface area contributed by atoms with Crippen LogP contribution in [-0.2, 0) is 0 Å². The molecule has 3 heteroatoms. The normalized spacial score (nSPS) is 9.55. The molecule has 1 aromatic heterocycles. The maximum Gasteiger partial charge on any atom is 0.215 e. The van der Waals surface area contributed by atoms with Crippen molar-refractivity contribution in [1.29, 1.82) is 0 Å². The Morgan fingerprint density at radius 3 is 3.00 bits per heavy atom. The van der Waals surface area contributed by atoms with Gasteiger partial charge in [-0.25, -0.2) is 0 Å². The van der Waals surface area contributed by atoms with Crippen LogP contribution in [0.1, 0.15) is 13.3 Å². The molecule has 1 aromatic rings. The minimum absolute atomic E-state index is 0.499. The molecule has 0 saturated carbocycles. The predicted molar refractivity (Wildman–Crippen MR) is 44.4 cm³/mol. The molecule has 0 bridgehead atoms. The van der Waals surface area contributed by atoms with Gasteiger partial charge in [-0.05, 0) is 12.5 Å². The zero-order valence-corrected chi connectivity index (χ0v) is 6.58. The average Bonchev–Trinajstić information content (AvgIpc) is 2.01. The molecule has 0 spiro atoms. The van der Waals surface area contributed by atoms with Crippen molar-refractivity contribution in [3.63, 3.8) is 0 Å². The van der Waals surface area contributed by atoms with E-state index in [1.54, 1.807) is 12.1 Å². The van der Waals surface area contributed by atoms with Crippen LogP contribution in [0.4, 0.5) is 5.82 Å². The Balaban J connectivity index is 2.56. The summed E-state index contributed by atoms with van der Waals surface area (Å²) in [5, 5.41) is 0. The second-order valence-electron chi connectivity index (χ2n) is 2.25.